The fourth-order valence-corrected chi connectivity index (χ4v) is 5.93. The maximum Gasteiger partial charge on any atom is 0.573 e. The summed E-state index contributed by atoms with van der Waals surface area (Å²) < 4.78 is 44.5. The Balaban J connectivity index is 1.23. The summed E-state index contributed by atoms with van der Waals surface area (Å²) >= 11 is 6.38. The molecule has 2 N–H and O–H groups in total. The molecule has 6 nitrogen and oxygen atoms in total. The second kappa shape index (κ2) is 13.0. The van der Waals surface area contributed by atoms with Gasteiger partial charge in [-0.1, -0.05) is 54.1 Å². The standard InChI is InChI=1S/C34H33ClF3N5O/c35-32-4-2-1-3-27(32)22-42-15-13-41(14-16-42)20-24-6-12-33-30(17-24)31(26-7-10-29(11-8-26)44-34(36,37)38)23-43(33)21-25-5-9-28(18-39)40-19-25/h1-12,17,19,23H,13-16,18,20-22,39H2. The topological polar surface area (TPSA) is 59.6 Å². The minimum absolute atomic E-state index is 0.245. The van der Waals surface area contributed by atoms with Gasteiger partial charge in [-0.3, -0.25) is 14.8 Å². The van der Waals surface area contributed by atoms with Gasteiger partial charge in [0.1, 0.15) is 5.75 Å². The Bertz CT molecular complexity index is 1710. The van der Waals surface area contributed by atoms with E-state index in [0.717, 1.165) is 83.1 Å². The first-order valence-corrected chi connectivity index (χ1v) is 14.9. The van der Waals surface area contributed by atoms with Crippen molar-refractivity contribution in [1.82, 2.24) is 19.4 Å². The zero-order valence-electron chi connectivity index (χ0n) is 24.1. The van der Waals surface area contributed by atoms with Crippen LogP contribution in [0.5, 0.6) is 5.75 Å². The van der Waals surface area contributed by atoms with Crippen LogP contribution in [0.4, 0.5) is 13.2 Å². The summed E-state index contributed by atoms with van der Waals surface area (Å²) in [5.41, 5.74) is 12.7. The largest absolute Gasteiger partial charge is 0.573 e. The number of fused-ring (bicyclic) bond motifs is 1. The van der Waals surface area contributed by atoms with Gasteiger partial charge in [-0.2, -0.15) is 0 Å². The van der Waals surface area contributed by atoms with Crippen LogP contribution in [-0.4, -0.2) is 51.9 Å². The van der Waals surface area contributed by atoms with Crippen LogP contribution < -0.4 is 10.5 Å². The van der Waals surface area contributed by atoms with Crippen molar-refractivity contribution in [3.63, 3.8) is 0 Å². The highest BCUT2D eigenvalue weighted by Gasteiger charge is 2.31. The van der Waals surface area contributed by atoms with Crippen LogP contribution >= 0.6 is 11.6 Å². The van der Waals surface area contributed by atoms with E-state index in [1.165, 1.54) is 17.7 Å². The van der Waals surface area contributed by atoms with Gasteiger partial charge in [0.25, 0.3) is 0 Å². The van der Waals surface area contributed by atoms with E-state index in [1.807, 2.05) is 36.5 Å². The molecule has 44 heavy (non-hydrogen) atoms. The van der Waals surface area contributed by atoms with E-state index < -0.39 is 6.36 Å². The molecule has 1 aliphatic heterocycles. The third kappa shape index (κ3) is 7.25. The lowest BCUT2D eigenvalue weighted by Gasteiger charge is -2.35. The molecule has 2 aromatic heterocycles. The van der Waals surface area contributed by atoms with Crippen LogP contribution in [0.3, 0.4) is 0 Å². The number of ether oxygens (including phenoxy) is 1. The van der Waals surface area contributed by atoms with Crippen molar-refractivity contribution in [3.05, 3.63) is 119 Å². The number of pyridine rings is 1. The van der Waals surface area contributed by atoms with Crippen molar-refractivity contribution in [2.24, 2.45) is 5.73 Å². The molecule has 0 aliphatic carbocycles. The monoisotopic (exact) mass is 619 g/mol. The molecule has 228 valence electrons. The lowest BCUT2D eigenvalue weighted by Crippen LogP contribution is -2.45. The minimum Gasteiger partial charge on any atom is -0.406 e. The molecule has 10 heteroatoms. The maximum absolute atomic E-state index is 12.8. The molecule has 6 rings (SSSR count). The molecular formula is C34H33ClF3N5O. The first-order valence-electron chi connectivity index (χ1n) is 14.5. The first kappa shape index (κ1) is 30.1. The number of rotatable bonds is 9. The van der Waals surface area contributed by atoms with Gasteiger partial charge in [0, 0.05) is 86.2 Å². The molecule has 0 spiro atoms. The van der Waals surface area contributed by atoms with Crippen molar-refractivity contribution in [2.75, 3.05) is 26.2 Å². The molecule has 0 bridgehead atoms. The van der Waals surface area contributed by atoms with Crippen LogP contribution in [-0.2, 0) is 26.2 Å². The molecule has 0 amide bonds. The summed E-state index contributed by atoms with van der Waals surface area (Å²) in [7, 11) is 0. The van der Waals surface area contributed by atoms with E-state index in [2.05, 4.69) is 54.6 Å². The van der Waals surface area contributed by atoms with E-state index >= 15 is 0 Å². The second-order valence-electron chi connectivity index (χ2n) is 11.1. The van der Waals surface area contributed by atoms with Crippen molar-refractivity contribution in [1.29, 1.82) is 0 Å². The van der Waals surface area contributed by atoms with Crippen LogP contribution in [0, 0.1) is 0 Å². The molecule has 0 saturated carbocycles. The highest BCUT2D eigenvalue weighted by atomic mass is 35.5. The van der Waals surface area contributed by atoms with Gasteiger partial charge in [0.05, 0.1) is 5.69 Å². The van der Waals surface area contributed by atoms with Gasteiger partial charge >= 0.3 is 6.36 Å². The third-order valence-electron chi connectivity index (χ3n) is 8.02. The van der Waals surface area contributed by atoms with E-state index in [4.69, 9.17) is 17.3 Å². The van der Waals surface area contributed by atoms with Crippen LogP contribution in [0.2, 0.25) is 5.02 Å². The van der Waals surface area contributed by atoms with Gasteiger partial charge in [0.15, 0.2) is 0 Å². The Morgan fingerprint density at radius 3 is 2.18 bits per heavy atom. The molecule has 1 aliphatic rings. The zero-order valence-corrected chi connectivity index (χ0v) is 24.9. The number of hydrogen-bond donors (Lipinski definition) is 1. The molecule has 3 heterocycles. The molecule has 5 aromatic rings. The number of hydrogen-bond acceptors (Lipinski definition) is 5. The number of piperazine rings is 1. The van der Waals surface area contributed by atoms with Crippen molar-refractivity contribution in [2.45, 2.75) is 32.5 Å². The lowest BCUT2D eigenvalue weighted by molar-refractivity contribution is -0.274. The Kier molecular flexibility index (Phi) is 8.91. The molecule has 3 aromatic carbocycles. The number of benzene rings is 3. The normalized spacial score (nSPS) is 14.8. The van der Waals surface area contributed by atoms with Gasteiger partial charge in [0.2, 0.25) is 0 Å². The van der Waals surface area contributed by atoms with E-state index in [9.17, 15) is 13.2 Å². The van der Waals surface area contributed by atoms with Gasteiger partial charge < -0.3 is 15.0 Å². The summed E-state index contributed by atoms with van der Waals surface area (Å²) in [6.45, 7) is 6.43. The predicted octanol–water partition coefficient (Wildman–Crippen LogP) is 7.08. The average molecular weight is 620 g/mol. The molecule has 0 atom stereocenters. The number of alkyl halides is 3. The second-order valence-corrected chi connectivity index (χ2v) is 11.5. The summed E-state index contributed by atoms with van der Waals surface area (Å²) in [4.78, 5) is 9.31. The SMILES string of the molecule is NCc1ccc(Cn2cc(-c3ccc(OC(F)(F)F)cc3)c3cc(CN4CCN(Cc5ccccc5Cl)CC4)ccc32)cn1. The molecule has 0 unspecified atom stereocenters. The van der Waals surface area contributed by atoms with Crippen molar-refractivity contribution in [3.8, 4) is 16.9 Å². The number of aromatic nitrogens is 2. The van der Waals surface area contributed by atoms with Crippen LogP contribution in [0.25, 0.3) is 22.0 Å². The smallest absolute Gasteiger partial charge is 0.406 e. The Morgan fingerprint density at radius 2 is 1.52 bits per heavy atom. The highest BCUT2D eigenvalue weighted by molar-refractivity contribution is 6.31. The highest BCUT2D eigenvalue weighted by Crippen LogP contribution is 2.34. The minimum atomic E-state index is -4.74. The predicted molar refractivity (Wildman–Crippen MR) is 167 cm³/mol. The Labute approximate surface area is 259 Å². The maximum atomic E-state index is 12.8. The van der Waals surface area contributed by atoms with Crippen LogP contribution in [0.15, 0.2) is 91.3 Å². The molecular weight excluding hydrogens is 587 g/mol. The summed E-state index contributed by atoms with van der Waals surface area (Å²) in [5, 5.41) is 1.84. The molecule has 0 radical (unpaired) electrons. The third-order valence-corrected chi connectivity index (χ3v) is 8.38. The first-order chi connectivity index (χ1) is 21.2. The zero-order chi connectivity index (χ0) is 30.7. The van der Waals surface area contributed by atoms with Crippen LogP contribution in [0.1, 0.15) is 22.4 Å². The van der Waals surface area contributed by atoms with Crippen molar-refractivity contribution >= 4 is 22.5 Å². The van der Waals surface area contributed by atoms with E-state index in [0.29, 0.717) is 13.1 Å². The summed E-state index contributed by atoms with van der Waals surface area (Å²) in [5.74, 6) is -0.245. The number of halogens is 4. The quantitative estimate of drug-likeness (QED) is 0.191. The van der Waals surface area contributed by atoms with Crippen molar-refractivity contribution < 1.29 is 17.9 Å². The number of nitrogens with two attached hydrogens (primary N) is 1. The number of nitrogens with zero attached hydrogens (tertiary/aromatic N) is 4. The van der Waals surface area contributed by atoms with Gasteiger partial charge in [-0.25, -0.2) is 0 Å². The summed E-state index contributed by atoms with van der Waals surface area (Å²) in [6, 6.07) is 24.5. The van der Waals surface area contributed by atoms with Gasteiger partial charge in [-0.05, 0) is 58.7 Å². The summed E-state index contributed by atoms with van der Waals surface area (Å²) in [6.07, 6.45) is -0.852. The van der Waals surface area contributed by atoms with Gasteiger partial charge in [-0.15, -0.1) is 13.2 Å². The average Bonchev–Trinajstić information content (AvgIpc) is 3.36. The lowest BCUT2D eigenvalue weighted by atomic mass is 10.0. The van der Waals surface area contributed by atoms with E-state index in [1.54, 1.807) is 12.1 Å². The molecule has 1 saturated heterocycles. The molecule has 1 fully saturated rings. The Hall–Kier alpha value is -3.89. The van der Waals surface area contributed by atoms with E-state index in [-0.39, 0.29) is 5.75 Å². The fourth-order valence-electron chi connectivity index (χ4n) is 5.74. The fraction of sp³-hybridized carbons (Fsp3) is 0.265. The Morgan fingerprint density at radius 1 is 0.818 bits per heavy atom.